The average Bonchev–Trinajstić information content (AvgIpc) is 2.37. The van der Waals surface area contributed by atoms with Crippen LogP contribution >= 0.6 is 0 Å². The molecule has 0 aliphatic heterocycles. The number of hydrogen-bond donors (Lipinski definition) is 0. The van der Waals surface area contributed by atoms with Gasteiger partial charge >= 0.3 is 0 Å². The van der Waals surface area contributed by atoms with E-state index in [0.717, 1.165) is 38.5 Å². The highest BCUT2D eigenvalue weighted by atomic mass is 16.1. The van der Waals surface area contributed by atoms with Crippen LogP contribution in [0.4, 0.5) is 0 Å². The first-order valence-electron chi connectivity index (χ1n) is 8.13. The fourth-order valence-corrected chi connectivity index (χ4v) is 2.08. The van der Waals surface area contributed by atoms with Gasteiger partial charge in [-0.15, -0.1) is 0 Å². The van der Waals surface area contributed by atoms with Crippen LogP contribution in [0.25, 0.3) is 0 Å². The van der Waals surface area contributed by atoms with Crippen LogP contribution in [-0.2, 0) is 4.79 Å². The van der Waals surface area contributed by atoms with E-state index >= 15 is 0 Å². The molecule has 0 aliphatic rings. The number of rotatable bonds is 10. The molecule has 1 heteroatoms. The molecule has 0 bridgehead atoms. The molecule has 0 N–H and O–H groups in total. The van der Waals surface area contributed by atoms with Gasteiger partial charge in [-0.3, -0.25) is 4.79 Å². The van der Waals surface area contributed by atoms with Crippen LogP contribution in [0, 0.1) is 12.8 Å². The maximum atomic E-state index is 11.1. The topological polar surface area (TPSA) is 17.1 Å². The maximum absolute atomic E-state index is 11.1. The van der Waals surface area contributed by atoms with E-state index in [0.29, 0.717) is 0 Å². The SMILES string of the molecule is [CH2]C(=O)C(C)CC/C=C(\C)CC/C=C(\C)CCC=C(C)C. The van der Waals surface area contributed by atoms with Crippen molar-refractivity contribution in [3.05, 3.63) is 41.9 Å². The van der Waals surface area contributed by atoms with Crippen molar-refractivity contribution in [2.75, 3.05) is 0 Å². The van der Waals surface area contributed by atoms with Crippen molar-refractivity contribution in [2.24, 2.45) is 5.92 Å². The predicted molar refractivity (Wildman–Crippen MR) is 94.2 cm³/mol. The van der Waals surface area contributed by atoms with Gasteiger partial charge in [-0.05, 0) is 66.2 Å². The minimum Gasteiger partial charge on any atom is -0.299 e. The Morgan fingerprint density at radius 1 is 0.905 bits per heavy atom. The maximum Gasteiger partial charge on any atom is 0.136 e. The monoisotopic (exact) mass is 289 g/mol. The van der Waals surface area contributed by atoms with Gasteiger partial charge in [0.05, 0.1) is 0 Å². The first-order valence-corrected chi connectivity index (χ1v) is 8.13. The molecule has 0 rings (SSSR count). The number of ketones is 1. The summed E-state index contributed by atoms with van der Waals surface area (Å²) >= 11 is 0. The zero-order valence-electron chi connectivity index (χ0n) is 14.7. The molecule has 0 fully saturated rings. The summed E-state index contributed by atoms with van der Waals surface area (Å²) in [5, 5.41) is 0. The molecule has 0 spiro atoms. The van der Waals surface area contributed by atoms with Crippen molar-refractivity contribution >= 4 is 5.78 Å². The third-order valence-electron chi connectivity index (χ3n) is 3.76. The highest BCUT2D eigenvalue weighted by Crippen LogP contribution is 2.13. The number of carbonyl (C=O) groups excluding carboxylic acids is 1. The van der Waals surface area contributed by atoms with Crippen molar-refractivity contribution in [1.82, 2.24) is 0 Å². The standard InChI is InChI=1S/C20H33O/c1-16(2)10-7-11-17(3)12-8-13-18(4)14-9-15-19(5)20(6)21/h10,12,14,19H,6-9,11,13,15H2,1-5H3/b17-12+,18-14+. The van der Waals surface area contributed by atoms with Crippen LogP contribution in [0.5, 0.6) is 0 Å². The summed E-state index contributed by atoms with van der Waals surface area (Å²) in [7, 11) is 0. The van der Waals surface area contributed by atoms with E-state index in [9.17, 15) is 4.79 Å². The lowest BCUT2D eigenvalue weighted by atomic mass is 10.00. The van der Waals surface area contributed by atoms with Gasteiger partial charge in [0.15, 0.2) is 0 Å². The molecular weight excluding hydrogens is 256 g/mol. The van der Waals surface area contributed by atoms with E-state index in [1.807, 2.05) is 6.92 Å². The zero-order chi connectivity index (χ0) is 16.3. The van der Waals surface area contributed by atoms with E-state index in [2.05, 4.69) is 52.8 Å². The van der Waals surface area contributed by atoms with Crippen LogP contribution in [0.3, 0.4) is 0 Å². The second-order valence-electron chi connectivity index (χ2n) is 6.40. The van der Waals surface area contributed by atoms with Gasteiger partial charge in [0.1, 0.15) is 5.78 Å². The van der Waals surface area contributed by atoms with E-state index in [-0.39, 0.29) is 11.7 Å². The van der Waals surface area contributed by atoms with E-state index in [1.165, 1.54) is 16.7 Å². The van der Waals surface area contributed by atoms with E-state index in [4.69, 9.17) is 0 Å². The molecule has 0 aromatic heterocycles. The molecule has 1 unspecified atom stereocenters. The van der Waals surface area contributed by atoms with Crippen molar-refractivity contribution in [3.8, 4) is 0 Å². The molecule has 0 aromatic rings. The molecule has 0 amide bonds. The Labute approximate surface area is 132 Å². The Balaban J connectivity index is 3.93. The minimum atomic E-state index is 0.0518. The summed E-state index contributed by atoms with van der Waals surface area (Å²) in [4.78, 5) is 11.1. The largest absolute Gasteiger partial charge is 0.299 e. The second-order valence-corrected chi connectivity index (χ2v) is 6.40. The number of Topliss-reactive ketones (excluding diaryl/α,β-unsaturated/α-hetero) is 1. The number of allylic oxidation sites excluding steroid dienone is 6. The van der Waals surface area contributed by atoms with Crippen molar-refractivity contribution in [1.29, 1.82) is 0 Å². The molecule has 1 radical (unpaired) electrons. The molecular formula is C20H33O. The lowest BCUT2D eigenvalue weighted by Crippen LogP contribution is -2.05. The normalized spacial score (nSPS) is 14.0. The highest BCUT2D eigenvalue weighted by Gasteiger charge is 2.05. The summed E-state index contributed by atoms with van der Waals surface area (Å²) < 4.78 is 0. The Kier molecular flexibility index (Phi) is 10.9. The summed E-state index contributed by atoms with van der Waals surface area (Å²) in [6.07, 6.45) is 13.4. The lowest BCUT2D eigenvalue weighted by molar-refractivity contribution is -0.118. The van der Waals surface area contributed by atoms with Gasteiger partial charge in [-0.25, -0.2) is 0 Å². The molecule has 0 saturated heterocycles. The average molecular weight is 289 g/mol. The van der Waals surface area contributed by atoms with Gasteiger partial charge in [0.25, 0.3) is 0 Å². The Morgan fingerprint density at radius 3 is 1.86 bits per heavy atom. The molecule has 0 aromatic carbocycles. The first kappa shape index (κ1) is 19.9. The summed E-state index contributed by atoms with van der Waals surface area (Å²) in [6.45, 7) is 14.1. The Hall–Kier alpha value is -1.11. The van der Waals surface area contributed by atoms with Crippen molar-refractivity contribution in [2.45, 2.75) is 73.1 Å². The van der Waals surface area contributed by atoms with Crippen LogP contribution in [0.1, 0.15) is 73.1 Å². The third-order valence-corrected chi connectivity index (χ3v) is 3.76. The summed E-state index contributed by atoms with van der Waals surface area (Å²) in [5.74, 6) is 0.141. The smallest absolute Gasteiger partial charge is 0.136 e. The number of hydrogen-bond acceptors (Lipinski definition) is 1. The molecule has 0 aliphatic carbocycles. The first-order chi connectivity index (χ1) is 9.82. The summed E-state index contributed by atoms with van der Waals surface area (Å²) in [6, 6.07) is 0. The van der Waals surface area contributed by atoms with Crippen LogP contribution in [0.2, 0.25) is 0 Å². The second kappa shape index (κ2) is 11.5. The van der Waals surface area contributed by atoms with E-state index < -0.39 is 0 Å². The summed E-state index contributed by atoms with van der Waals surface area (Å²) in [5.41, 5.74) is 4.31. The van der Waals surface area contributed by atoms with Crippen molar-refractivity contribution in [3.63, 3.8) is 0 Å². The van der Waals surface area contributed by atoms with E-state index in [1.54, 1.807) is 0 Å². The zero-order valence-corrected chi connectivity index (χ0v) is 14.7. The van der Waals surface area contributed by atoms with Crippen LogP contribution < -0.4 is 0 Å². The molecule has 1 atom stereocenters. The molecule has 21 heavy (non-hydrogen) atoms. The van der Waals surface area contributed by atoms with Gasteiger partial charge in [-0.1, -0.05) is 41.9 Å². The molecule has 1 nitrogen and oxygen atoms in total. The highest BCUT2D eigenvalue weighted by molar-refractivity contribution is 5.84. The van der Waals surface area contributed by atoms with Gasteiger partial charge in [-0.2, -0.15) is 0 Å². The third kappa shape index (κ3) is 12.3. The van der Waals surface area contributed by atoms with Gasteiger partial charge in [0, 0.05) is 12.8 Å². The quantitative estimate of drug-likeness (QED) is 0.436. The molecule has 0 heterocycles. The Bertz CT molecular complexity index is 392. The fraction of sp³-hybridized carbons (Fsp3) is 0.600. The van der Waals surface area contributed by atoms with Gasteiger partial charge in [0.2, 0.25) is 0 Å². The Morgan fingerprint density at radius 2 is 1.38 bits per heavy atom. The van der Waals surface area contributed by atoms with Crippen LogP contribution in [-0.4, -0.2) is 5.78 Å². The molecule has 119 valence electrons. The van der Waals surface area contributed by atoms with Crippen molar-refractivity contribution < 1.29 is 4.79 Å². The fourth-order valence-electron chi connectivity index (χ4n) is 2.08. The molecule has 0 saturated carbocycles. The predicted octanol–water partition coefficient (Wildman–Crippen LogP) is 6.23. The van der Waals surface area contributed by atoms with Crippen LogP contribution in [0.15, 0.2) is 34.9 Å². The minimum absolute atomic E-state index is 0.0518. The van der Waals surface area contributed by atoms with Gasteiger partial charge < -0.3 is 0 Å². The number of carbonyl (C=O) groups is 1. The lowest BCUT2D eigenvalue weighted by Gasteiger charge is -2.05.